The number of amides is 1. The number of hydrogen-bond donors (Lipinski definition) is 1. The van der Waals surface area contributed by atoms with Crippen molar-refractivity contribution >= 4 is 11.6 Å². The molecule has 6 nitrogen and oxygen atoms in total. The number of nitrogens with one attached hydrogen (secondary N) is 1. The van der Waals surface area contributed by atoms with E-state index in [4.69, 9.17) is 4.74 Å². The lowest BCUT2D eigenvalue weighted by Gasteiger charge is -2.30. The summed E-state index contributed by atoms with van der Waals surface area (Å²) >= 11 is 0. The standard InChI is InChI=1S/C25H29F2N3O3/c26-25(27)10-8-17(9-11-25)28-23(31)20-4-2-12-30(24(20)32)22-7-6-19-18(22)3-1-5-21(19)29-13-15-33-16-14-29/h1-5,12,17,22H,6-11,13-16H2,(H,28,31). The number of hydrogen-bond acceptors (Lipinski definition) is 4. The summed E-state index contributed by atoms with van der Waals surface area (Å²) < 4.78 is 34.0. The summed E-state index contributed by atoms with van der Waals surface area (Å²) in [5, 5.41) is 2.80. The summed E-state index contributed by atoms with van der Waals surface area (Å²) in [6, 6.07) is 9.01. The Morgan fingerprint density at radius 2 is 1.82 bits per heavy atom. The normalized spacial score (nSPS) is 22.7. The molecule has 176 valence electrons. The van der Waals surface area contributed by atoms with Gasteiger partial charge < -0.3 is 19.5 Å². The van der Waals surface area contributed by atoms with E-state index in [1.807, 2.05) is 6.07 Å². The van der Waals surface area contributed by atoms with E-state index in [1.165, 1.54) is 17.3 Å². The van der Waals surface area contributed by atoms with Crippen molar-refractivity contribution in [1.82, 2.24) is 9.88 Å². The topological polar surface area (TPSA) is 63.6 Å². The molecule has 2 aliphatic carbocycles. The lowest BCUT2D eigenvalue weighted by atomic mass is 9.92. The van der Waals surface area contributed by atoms with E-state index < -0.39 is 11.8 Å². The van der Waals surface area contributed by atoms with Gasteiger partial charge >= 0.3 is 0 Å². The number of anilines is 1. The van der Waals surface area contributed by atoms with Gasteiger partial charge in [0.05, 0.1) is 19.3 Å². The molecule has 8 heteroatoms. The molecular formula is C25H29F2N3O3. The molecule has 2 fully saturated rings. The number of carbonyl (C=O) groups is 1. The second-order valence-electron chi connectivity index (χ2n) is 9.24. The van der Waals surface area contributed by atoms with E-state index in [0.29, 0.717) is 13.2 Å². The number of ether oxygens (including phenoxy) is 1. The predicted octanol–water partition coefficient (Wildman–Crippen LogP) is 3.53. The number of morpholine rings is 1. The molecule has 0 spiro atoms. The van der Waals surface area contributed by atoms with Gasteiger partial charge in [-0.15, -0.1) is 0 Å². The third-order valence-electron chi connectivity index (χ3n) is 7.17. The van der Waals surface area contributed by atoms with Gasteiger partial charge in [-0.25, -0.2) is 8.78 Å². The van der Waals surface area contributed by atoms with E-state index in [0.717, 1.165) is 31.5 Å². The summed E-state index contributed by atoms with van der Waals surface area (Å²) in [6.07, 6.45) is 3.37. The van der Waals surface area contributed by atoms with Crippen molar-refractivity contribution < 1.29 is 18.3 Å². The van der Waals surface area contributed by atoms with Crippen LogP contribution in [0.3, 0.4) is 0 Å². The van der Waals surface area contributed by atoms with Crippen molar-refractivity contribution in [3.05, 3.63) is 63.6 Å². The van der Waals surface area contributed by atoms with Crippen LogP contribution in [0.25, 0.3) is 0 Å². The first kappa shape index (κ1) is 22.1. The molecule has 2 aromatic rings. The Hall–Kier alpha value is -2.74. The van der Waals surface area contributed by atoms with Crippen LogP contribution < -0.4 is 15.8 Å². The first-order valence-electron chi connectivity index (χ1n) is 11.8. The number of alkyl halides is 2. The zero-order valence-corrected chi connectivity index (χ0v) is 18.6. The highest BCUT2D eigenvalue weighted by Crippen LogP contribution is 2.39. The van der Waals surface area contributed by atoms with Gasteiger partial charge in [0.1, 0.15) is 5.56 Å². The predicted molar refractivity (Wildman–Crippen MR) is 121 cm³/mol. The Bertz CT molecular complexity index is 1080. The summed E-state index contributed by atoms with van der Waals surface area (Å²) in [6.45, 7) is 3.12. The van der Waals surface area contributed by atoms with Gasteiger partial charge in [0, 0.05) is 43.9 Å². The van der Waals surface area contributed by atoms with Crippen LogP contribution in [-0.2, 0) is 11.2 Å². The maximum absolute atomic E-state index is 13.4. The highest BCUT2D eigenvalue weighted by Gasteiger charge is 2.36. The number of rotatable bonds is 4. The maximum atomic E-state index is 13.4. The first-order valence-corrected chi connectivity index (χ1v) is 11.8. The number of pyridine rings is 1. The first-order chi connectivity index (χ1) is 15.9. The van der Waals surface area contributed by atoms with Crippen LogP contribution >= 0.6 is 0 Å². The average molecular weight is 458 g/mol. The average Bonchev–Trinajstić information content (AvgIpc) is 3.25. The number of halogens is 2. The highest BCUT2D eigenvalue weighted by molar-refractivity contribution is 5.94. The van der Waals surface area contributed by atoms with E-state index in [2.05, 4.69) is 22.3 Å². The van der Waals surface area contributed by atoms with Crippen molar-refractivity contribution in [2.24, 2.45) is 0 Å². The fraction of sp³-hybridized carbons (Fsp3) is 0.520. The minimum atomic E-state index is -2.66. The fourth-order valence-corrected chi connectivity index (χ4v) is 5.38. The van der Waals surface area contributed by atoms with E-state index in [9.17, 15) is 18.4 Å². The maximum Gasteiger partial charge on any atom is 0.263 e. The van der Waals surface area contributed by atoms with Gasteiger partial charge in [-0.1, -0.05) is 12.1 Å². The van der Waals surface area contributed by atoms with Gasteiger partial charge in [0.15, 0.2) is 0 Å². The van der Waals surface area contributed by atoms with Crippen molar-refractivity contribution in [2.75, 3.05) is 31.2 Å². The lowest BCUT2D eigenvalue weighted by molar-refractivity contribution is -0.0399. The highest BCUT2D eigenvalue weighted by atomic mass is 19.3. The molecule has 1 N–H and O–H groups in total. The molecule has 1 unspecified atom stereocenters. The molecule has 2 heterocycles. The van der Waals surface area contributed by atoms with E-state index in [-0.39, 0.29) is 48.9 Å². The van der Waals surface area contributed by atoms with Crippen LogP contribution in [0.2, 0.25) is 0 Å². The lowest BCUT2D eigenvalue weighted by Crippen LogP contribution is -2.42. The van der Waals surface area contributed by atoms with Gasteiger partial charge in [-0.05, 0) is 55.0 Å². The zero-order valence-electron chi connectivity index (χ0n) is 18.6. The summed E-state index contributed by atoms with van der Waals surface area (Å²) in [4.78, 5) is 28.5. The molecule has 5 rings (SSSR count). The quantitative estimate of drug-likeness (QED) is 0.763. The molecule has 1 aromatic heterocycles. The molecule has 1 saturated carbocycles. The molecule has 33 heavy (non-hydrogen) atoms. The monoisotopic (exact) mass is 457 g/mol. The SMILES string of the molecule is O=C(NC1CCC(F)(F)CC1)c1cccn(C2CCc3c2cccc3N2CCOCC2)c1=O. The minimum Gasteiger partial charge on any atom is -0.378 e. The smallest absolute Gasteiger partial charge is 0.263 e. The number of nitrogens with zero attached hydrogens (tertiary/aromatic N) is 2. The van der Waals surface area contributed by atoms with Crippen molar-refractivity contribution in [1.29, 1.82) is 0 Å². The number of benzene rings is 1. The third-order valence-corrected chi connectivity index (χ3v) is 7.17. The summed E-state index contributed by atoms with van der Waals surface area (Å²) in [5.41, 5.74) is 3.30. The van der Waals surface area contributed by atoms with Gasteiger partial charge in [-0.2, -0.15) is 0 Å². The Balaban J connectivity index is 1.37. The van der Waals surface area contributed by atoms with Crippen LogP contribution in [-0.4, -0.2) is 48.7 Å². The summed E-state index contributed by atoms with van der Waals surface area (Å²) in [5.74, 6) is -3.14. The molecule has 1 amide bonds. The Morgan fingerprint density at radius 1 is 1.06 bits per heavy atom. The van der Waals surface area contributed by atoms with E-state index >= 15 is 0 Å². The largest absolute Gasteiger partial charge is 0.378 e. The molecule has 0 radical (unpaired) electrons. The Labute approximate surface area is 191 Å². The Kier molecular flexibility index (Phi) is 5.95. The van der Waals surface area contributed by atoms with Gasteiger partial charge in [0.25, 0.3) is 11.5 Å². The number of aromatic nitrogens is 1. The molecular weight excluding hydrogens is 428 g/mol. The van der Waals surface area contributed by atoms with Crippen molar-refractivity contribution in [3.8, 4) is 0 Å². The molecule has 1 aliphatic heterocycles. The van der Waals surface area contributed by atoms with Crippen molar-refractivity contribution in [3.63, 3.8) is 0 Å². The molecule has 3 aliphatic rings. The second kappa shape index (κ2) is 8.89. The second-order valence-corrected chi connectivity index (χ2v) is 9.24. The van der Waals surface area contributed by atoms with Crippen LogP contribution in [0.4, 0.5) is 14.5 Å². The van der Waals surface area contributed by atoms with Crippen LogP contribution in [0, 0.1) is 0 Å². The number of carbonyl (C=O) groups excluding carboxylic acids is 1. The Morgan fingerprint density at radius 3 is 2.58 bits per heavy atom. The molecule has 0 bridgehead atoms. The molecule has 1 saturated heterocycles. The summed E-state index contributed by atoms with van der Waals surface area (Å²) in [7, 11) is 0. The van der Waals surface area contributed by atoms with Gasteiger partial charge in [-0.3, -0.25) is 9.59 Å². The van der Waals surface area contributed by atoms with E-state index in [1.54, 1.807) is 16.8 Å². The van der Waals surface area contributed by atoms with Crippen LogP contribution in [0.15, 0.2) is 41.3 Å². The van der Waals surface area contributed by atoms with Gasteiger partial charge in [0.2, 0.25) is 5.92 Å². The van der Waals surface area contributed by atoms with Crippen LogP contribution in [0.1, 0.15) is 59.6 Å². The van der Waals surface area contributed by atoms with Crippen LogP contribution in [0.5, 0.6) is 0 Å². The number of fused-ring (bicyclic) bond motifs is 1. The third kappa shape index (κ3) is 4.40. The minimum absolute atomic E-state index is 0.0626. The molecule has 1 atom stereocenters. The van der Waals surface area contributed by atoms with Crippen molar-refractivity contribution in [2.45, 2.75) is 56.5 Å². The zero-order chi connectivity index (χ0) is 23.0. The fourth-order valence-electron chi connectivity index (χ4n) is 5.38. The molecule has 1 aromatic carbocycles.